The summed E-state index contributed by atoms with van der Waals surface area (Å²) >= 11 is 12.7. The Morgan fingerprint density at radius 3 is 2.27 bits per heavy atom. The second kappa shape index (κ2) is 7.64. The molecule has 1 heterocycles. The molecule has 3 aromatic rings. The maximum atomic E-state index is 6.46. The number of benzene rings is 2. The van der Waals surface area contributed by atoms with Crippen molar-refractivity contribution in [1.82, 2.24) is 4.98 Å². The number of unbranched alkanes of at least 4 members (excludes halogenated alkanes) is 1. The van der Waals surface area contributed by atoms with Crippen LogP contribution in [0, 0.1) is 0 Å². The number of aryl methyl sites for hydroxylation is 1. The number of hydrogen-bond donors (Lipinski definition) is 2. The zero-order chi connectivity index (χ0) is 18.9. The summed E-state index contributed by atoms with van der Waals surface area (Å²) in [6.45, 7) is 7.39. The highest BCUT2D eigenvalue weighted by Gasteiger charge is 2.18. The van der Waals surface area contributed by atoms with Gasteiger partial charge in [0.2, 0.25) is 0 Å². The average Bonchev–Trinajstić information content (AvgIpc) is 2.97. The van der Waals surface area contributed by atoms with E-state index in [0.717, 1.165) is 35.9 Å². The molecular weight excluding hydrogens is 363 g/mol. The fourth-order valence-corrected chi connectivity index (χ4v) is 3.72. The van der Waals surface area contributed by atoms with Gasteiger partial charge in [0, 0.05) is 11.1 Å². The van der Waals surface area contributed by atoms with E-state index in [-0.39, 0.29) is 5.41 Å². The molecule has 0 aliphatic heterocycles. The molecule has 3 N–H and O–H groups in total. The molecule has 0 aliphatic carbocycles. The van der Waals surface area contributed by atoms with Crippen LogP contribution >= 0.6 is 23.2 Å². The van der Waals surface area contributed by atoms with Crippen LogP contribution in [0.5, 0.6) is 0 Å². The van der Waals surface area contributed by atoms with E-state index < -0.39 is 0 Å². The number of aromatic amines is 1. The van der Waals surface area contributed by atoms with Gasteiger partial charge in [-0.2, -0.15) is 0 Å². The van der Waals surface area contributed by atoms with E-state index in [0.29, 0.717) is 16.6 Å². The number of hydrogen-bond acceptors (Lipinski definition) is 1. The fourth-order valence-electron chi connectivity index (χ4n) is 3.35. The van der Waals surface area contributed by atoms with Gasteiger partial charge in [-0.3, -0.25) is 0 Å². The second-order valence-corrected chi connectivity index (χ2v) is 8.62. The number of fused-ring (bicyclic) bond motifs is 1. The molecule has 0 spiro atoms. The van der Waals surface area contributed by atoms with E-state index in [1.807, 2.05) is 6.07 Å². The number of aromatic nitrogens is 1. The smallest absolute Gasteiger partial charge is 0.0833 e. The van der Waals surface area contributed by atoms with Crippen LogP contribution in [0.15, 0.2) is 36.4 Å². The van der Waals surface area contributed by atoms with Gasteiger partial charge in [0.25, 0.3) is 0 Å². The molecule has 1 aromatic heterocycles. The van der Waals surface area contributed by atoms with Crippen LogP contribution in [0.4, 0.5) is 0 Å². The van der Waals surface area contributed by atoms with Gasteiger partial charge >= 0.3 is 0 Å². The predicted octanol–water partition coefficient (Wildman–Crippen LogP) is 6.72. The standard InChI is InChI=1S/C22H26Cl2N2/c1-22(2,3)15-9-7-14(8-10-15)20-16(6-4-5-13-25)17-11-12-18(23)19(24)21(17)26-20/h7-12,26H,4-6,13,25H2,1-3H3. The predicted molar refractivity (Wildman–Crippen MR) is 114 cm³/mol. The minimum Gasteiger partial charge on any atom is -0.353 e. The zero-order valence-corrected chi connectivity index (χ0v) is 17.1. The summed E-state index contributed by atoms with van der Waals surface area (Å²) in [5.41, 5.74) is 11.6. The Bertz CT molecular complexity index is 903. The van der Waals surface area contributed by atoms with Crippen molar-refractivity contribution in [3.63, 3.8) is 0 Å². The molecule has 0 radical (unpaired) electrons. The molecule has 2 aromatic carbocycles. The highest BCUT2D eigenvalue weighted by Crippen LogP contribution is 2.38. The quantitative estimate of drug-likeness (QED) is 0.467. The van der Waals surface area contributed by atoms with Crippen molar-refractivity contribution in [3.8, 4) is 11.3 Å². The monoisotopic (exact) mass is 388 g/mol. The van der Waals surface area contributed by atoms with Crippen molar-refractivity contribution >= 4 is 34.1 Å². The van der Waals surface area contributed by atoms with E-state index >= 15 is 0 Å². The summed E-state index contributed by atoms with van der Waals surface area (Å²) in [6, 6.07) is 12.7. The largest absolute Gasteiger partial charge is 0.353 e. The molecule has 2 nitrogen and oxygen atoms in total. The van der Waals surface area contributed by atoms with Gasteiger partial charge in [0.05, 0.1) is 15.6 Å². The minimum absolute atomic E-state index is 0.139. The molecule has 138 valence electrons. The fraction of sp³-hybridized carbons (Fsp3) is 0.364. The van der Waals surface area contributed by atoms with Crippen LogP contribution in [0.1, 0.15) is 44.7 Å². The number of rotatable bonds is 5. The van der Waals surface area contributed by atoms with Crippen molar-refractivity contribution in [2.24, 2.45) is 5.73 Å². The van der Waals surface area contributed by atoms with E-state index in [1.165, 1.54) is 16.7 Å². The van der Waals surface area contributed by atoms with Gasteiger partial charge in [-0.25, -0.2) is 0 Å². The van der Waals surface area contributed by atoms with Crippen LogP contribution in [-0.2, 0) is 11.8 Å². The molecule has 0 bridgehead atoms. The molecule has 0 fully saturated rings. The van der Waals surface area contributed by atoms with E-state index in [1.54, 1.807) is 0 Å². The van der Waals surface area contributed by atoms with Gasteiger partial charge in [0.1, 0.15) is 0 Å². The molecular formula is C22H26Cl2N2. The van der Waals surface area contributed by atoms with Crippen LogP contribution in [0.2, 0.25) is 10.0 Å². The first-order valence-corrected chi connectivity index (χ1v) is 9.88. The van der Waals surface area contributed by atoms with Gasteiger partial charge in [-0.05, 0) is 54.0 Å². The van der Waals surface area contributed by atoms with E-state index in [9.17, 15) is 0 Å². The lowest BCUT2D eigenvalue weighted by Crippen LogP contribution is -2.10. The van der Waals surface area contributed by atoms with Crippen LogP contribution in [-0.4, -0.2) is 11.5 Å². The molecule has 26 heavy (non-hydrogen) atoms. The molecule has 3 rings (SSSR count). The Balaban J connectivity index is 2.11. The van der Waals surface area contributed by atoms with Gasteiger partial charge in [-0.15, -0.1) is 0 Å². The zero-order valence-electron chi connectivity index (χ0n) is 15.6. The molecule has 4 heteroatoms. The van der Waals surface area contributed by atoms with Gasteiger partial charge in [-0.1, -0.05) is 74.3 Å². The Morgan fingerprint density at radius 2 is 1.65 bits per heavy atom. The van der Waals surface area contributed by atoms with Crippen molar-refractivity contribution < 1.29 is 0 Å². The summed E-state index contributed by atoms with van der Waals surface area (Å²) in [6.07, 6.45) is 3.03. The average molecular weight is 389 g/mol. The Hall–Kier alpha value is -1.48. The second-order valence-electron chi connectivity index (χ2n) is 7.84. The lowest BCUT2D eigenvalue weighted by molar-refractivity contribution is 0.590. The SMILES string of the molecule is CC(C)(C)c1ccc(-c2[nH]c3c(Cl)c(Cl)ccc3c2CCCCN)cc1. The summed E-state index contributed by atoms with van der Waals surface area (Å²) in [7, 11) is 0. The maximum Gasteiger partial charge on any atom is 0.0833 e. The number of nitrogens with two attached hydrogens (primary N) is 1. The van der Waals surface area contributed by atoms with E-state index in [2.05, 4.69) is 56.1 Å². The summed E-state index contributed by atoms with van der Waals surface area (Å²) < 4.78 is 0. The molecule has 0 aliphatic rings. The molecule has 0 atom stereocenters. The Morgan fingerprint density at radius 1 is 0.962 bits per heavy atom. The van der Waals surface area contributed by atoms with Crippen LogP contribution in [0.25, 0.3) is 22.2 Å². The third-order valence-electron chi connectivity index (χ3n) is 4.89. The van der Waals surface area contributed by atoms with Crippen molar-refractivity contribution in [2.75, 3.05) is 6.54 Å². The summed E-state index contributed by atoms with van der Waals surface area (Å²) in [5, 5.41) is 2.30. The highest BCUT2D eigenvalue weighted by molar-refractivity contribution is 6.45. The third-order valence-corrected chi connectivity index (χ3v) is 5.70. The minimum atomic E-state index is 0.139. The molecule has 0 unspecified atom stereocenters. The number of halogens is 2. The molecule has 0 saturated carbocycles. The normalized spacial score (nSPS) is 12.1. The van der Waals surface area contributed by atoms with Crippen LogP contribution < -0.4 is 5.73 Å². The number of nitrogens with one attached hydrogen (secondary N) is 1. The number of H-pyrrole nitrogens is 1. The molecule has 0 amide bonds. The van der Waals surface area contributed by atoms with Crippen molar-refractivity contribution in [3.05, 3.63) is 57.6 Å². The Kier molecular flexibility index (Phi) is 5.67. The third kappa shape index (κ3) is 3.78. The highest BCUT2D eigenvalue weighted by atomic mass is 35.5. The van der Waals surface area contributed by atoms with Crippen molar-refractivity contribution in [2.45, 2.75) is 45.4 Å². The summed E-state index contributed by atoms with van der Waals surface area (Å²) in [4.78, 5) is 3.53. The Labute approximate surface area is 165 Å². The lowest BCUT2D eigenvalue weighted by Gasteiger charge is -2.19. The first-order valence-electron chi connectivity index (χ1n) is 9.12. The maximum absolute atomic E-state index is 6.46. The van der Waals surface area contributed by atoms with Crippen LogP contribution in [0.3, 0.4) is 0 Å². The van der Waals surface area contributed by atoms with Gasteiger partial charge < -0.3 is 10.7 Å². The van der Waals surface area contributed by atoms with E-state index in [4.69, 9.17) is 28.9 Å². The van der Waals surface area contributed by atoms with Crippen molar-refractivity contribution in [1.29, 1.82) is 0 Å². The molecule has 0 saturated heterocycles. The first-order chi connectivity index (χ1) is 12.3. The lowest BCUT2D eigenvalue weighted by atomic mass is 9.86. The summed E-state index contributed by atoms with van der Waals surface area (Å²) in [5.74, 6) is 0. The first kappa shape index (κ1) is 19.3. The topological polar surface area (TPSA) is 41.8 Å². The van der Waals surface area contributed by atoms with Gasteiger partial charge in [0.15, 0.2) is 0 Å².